The van der Waals surface area contributed by atoms with Gasteiger partial charge in [0.2, 0.25) is 5.91 Å². The molecule has 4 rings (SSSR count). The number of hydrogen-bond acceptors (Lipinski definition) is 5. The van der Waals surface area contributed by atoms with Gasteiger partial charge in [-0.3, -0.25) is 19.8 Å². The van der Waals surface area contributed by atoms with Gasteiger partial charge in [0.05, 0.1) is 12.1 Å². The van der Waals surface area contributed by atoms with Crippen molar-refractivity contribution in [3.8, 4) is 0 Å². The zero-order valence-corrected chi connectivity index (χ0v) is 19.3. The number of nitrogens with one attached hydrogen (secondary N) is 1. The van der Waals surface area contributed by atoms with E-state index in [0.29, 0.717) is 21.4 Å². The van der Waals surface area contributed by atoms with Crippen LogP contribution < -0.4 is 5.32 Å². The van der Waals surface area contributed by atoms with Gasteiger partial charge < -0.3 is 4.90 Å². The summed E-state index contributed by atoms with van der Waals surface area (Å²) in [6, 6.07) is 6.70. The smallest absolute Gasteiger partial charge is 0.257 e. The predicted molar refractivity (Wildman–Crippen MR) is 125 cm³/mol. The molecule has 6 nitrogen and oxygen atoms in total. The van der Waals surface area contributed by atoms with E-state index in [1.54, 1.807) is 24.3 Å². The maximum atomic E-state index is 12.7. The van der Waals surface area contributed by atoms with Crippen LogP contribution in [0.25, 0.3) is 0 Å². The lowest BCUT2D eigenvalue weighted by Gasteiger charge is -2.37. The van der Waals surface area contributed by atoms with Gasteiger partial charge in [0, 0.05) is 48.7 Å². The Labute approximate surface area is 192 Å². The summed E-state index contributed by atoms with van der Waals surface area (Å²) < 4.78 is 0. The molecule has 1 aliphatic heterocycles. The molecule has 0 spiro atoms. The van der Waals surface area contributed by atoms with Gasteiger partial charge >= 0.3 is 0 Å². The summed E-state index contributed by atoms with van der Waals surface area (Å²) in [7, 11) is 0. The standard InChI is InChI=1S/C23H29ClN4O2S/c24-19-8-6-18(7-9-19)22(30)26-23-25-20(16-31-23)14-21(29)28-12-10-27(11-13-28)15-17-4-2-1-3-5-17/h6-9,16-17H,1-5,10-15H2,(H,25,26,30). The average molecular weight is 461 g/mol. The fourth-order valence-electron chi connectivity index (χ4n) is 4.40. The van der Waals surface area contributed by atoms with Crippen LogP contribution in [0.4, 0.5) is 5.13 Å². The van der Waals surface area contributed by atoms with Crippen LogP contribution in [0.5, 0.6) is 0 Å². The highest BCUT2D eigenvalue weighted by Gasteiger charge is 2.24. The number of hydrogen-bond donors (Lipinski definition) is 1. The van der Waals surface area contributed by atoms with E-state index < -0.39 is 0 Å². The van der Waals surface area contributed by atoms with Crippen LogP contribution in [0.15, 0.2) is 29.6 Å². The van der Waals surface area contributed by atoms with E-state index in [-0.39, 0.29) is 18.2 Å². The SMILES string of the molecule is O=C(Nc1nc(CC(=O)N2CCN(CC3CCCCC3)CC2)cs1)c1ccc(Cl)cc1. The van der Waals surface area contributed by atoms with E-state index in [4.69, 9.17) is 11.6 Å². The van der Waals surface area contributed by atoms with Crippen molar-refractivity contribution < 1.29 is 9.59 Å². The summed E-state index contributed by atoms with van der Waals surface area (Å²) in [4.78, 5) is 33.9. The molecule has 2 aromatic rings. The van der Waals surface area contributed by atoms with Gasteiger partial charge in [-0.1, -0.05) is 30.9 Å². The summed E-state index contributed by atoms with van der Waals surface area (Å²) in [6.45, 7) is 4.68. The predicted octanol–water partition coefficient (Wildman–Crippen LogP) is 4.32. The number of nitrogens with zero attached hydrogens (tertiary/aromatic N) is 3. The Kier molecular flexibility index (Phi) is 7.58. The third-order valence-electron chi connectivity index (χ3n) is 6.18. The van der Waals surface area contributed by atoms with Crippen molar-refractivity contribution in [2.45, 2.75) is 38.5 Å². The molecule has 2 fully saturated rings. The molecule has 1 aliphatic carbocycles. The Morgan fingerprint density at radius 3 is 2.48 bits per heavy atom. The Balaban J connectivity index is 1.22. The van der Waals surface area contributed by atoms with Crippen molar-refractivity contribution in [1.29, 1.82) is 0 Å². The van der Waals surface area contributed by atoms with Gasteiger partial charge in [0.1, 0.15) is 0 Å². The number of rotatable bonds is 6. The van der Waals surface area contributed by atoms with Crippen LogP contribution in [0, 0.1) is 5.92 Å². The quantitative estimate of drug-likeness (QED) is 0.697. The second-order valence-corrected chi connectivity index (χ2v) is 9.76. The van der Waals surface area contributed by atoms with Crippen LogP contribution in [0.1, 0.15) is 48.2 Å². The van der Waals surface area contributed by atoms with Crippen LogP contribution in [0.2, 0.25) is 5.02 Å². The molecular formula is C23H29ClN4O2S. The molecular weight excluding hydrogens is 432 g/mol. The third kappa shape index (κ3) is 6.28. The second-order valence-electron chi connectivity index (χ2n) is 8.47. The Hall–Kier alpha value is -1.96. The summed E-state index contributed by atoms with van der Waals surface area (Å²) in [6.07, 6.45) is 7.13. The van der Waals surface area contributed by atoms with Crippen molar-refractivity contribution in [1.82, 2.24) is 14.8 Å². The molecule has 0 atom stereocenters. The number of anilines is 1. The first-order valence-electron chi connectivity index (χ1n) is 11.1. The van der Waals surface area contributed by atoms with E-state index >= 15 is 0 Å². The minimum atomic E-state index is -0.238. The highest BCUT2D eigenvalue weighted by molar-refractivity contribution is 7.14. The monoisotopic (exact) mass is 460 g/mol. The van der Waals surface area contributed by atoms with Gasteiger partial charge in [-0.25, -0.2) is 4.98 Å². The number of piperazine rings is 1. The van der Waals surface area contributed by atoms with Gasteiger partial charge in [-0.15, -0.1) is 11.3 Å². The Morgan fingerprint density at radius 1 is 1.06 bits per heavy atom. The van der Waals surface area contributed by atoms with Crippen molar-refractivity contribution in [3.05, 3.63) is 45.9 Å². The number of carbonyl (C=O) groups is 2. The number of carbonyl (C=O) groups excluding carboxylic acids is 2. The van der Waals surface area contributed by atoms with Crippen molar-refractivity contribution in [2.75, 3.05) is 38.0 Å². The first kappa shape index (κ1) is 22.2. The molecule has 0 unspecified atom stereocenters. The van der Waals surface area contributed by atoms with Gasteiger partial charge in [0.25, 0.3) is 5.91 Å². The zero-order valence-electron chi connectivity index (χ0n) is 17.7. The first-order valence-corrected chi connectivity index (χ1v) is 12.3. The summed E-state index contributed by atoms with van der Waals surface area (Å²) in [5.74, 6) is 0.712. The van der Waals surface area contributed by atoms with Gasteiger partial charge in [0.15, 0.2) is 5.13 Å². The summed E-state index contributed by atoms with van der Waals surface area (Å²) >= 11 is 7.20. The maximum Gasteiger partial charge on any atom is 0.257 e. The van der Waals surface area contributed by atoms with Crippen LogP contribution in [-0.4, -0.2) is 59.3 Å². The number of halogens is 1. The van der Waals surface area contributed by atoms with Gasteiger partial charge in [-0.2, -0.15) is 0 Å². The highest BCUT2D eigenvalue weighted by atomic mass is 35.5. The molecule has 2 aliphatic rings. The number of benzene rings is 1. The molecule has 0 radical (unpaired) electrons. The van der Waals surface area contributed by atoms with Crippen molar-refractivity contribution in [3.63, 3.8) is 0 Å². The minimum absolute atomic E-state index is 0.109. The van der Waals surface area contributed by atoms with Crippen molar-refractivity contribution in [2.24, 2.45) is 5.92 Å². The molecule has 166 valence electrons. The fourth-order valence-corrected chi connectivity index (χ4v) is 5.23. The molecule has 0 bridgehead atoms. The largest absolute Gasteiger partial charge is 0.340 e. The van der Waals surface area contributed by atoms with E-state index in [1.165, 1.54) is 50.0 Å². The molecule has 8 heteroatoms. The van der Waals surface area contributed by atoms with E-state index in [2.05, 4.69) is 15.2 Å². The lowest BCUT2D eigenvalue weighted by atomic mass is 9.89. The highest BCUT2D eigenvalue weighted by Crippen LogP contribution is 2.25. The van der Waals surface area contributed by atoms with Crippen molar-refractivity contribution >= 4 is 39.9 Å². The van der Waals surface area contributed by atoms with Crippen LogP contribution in [-0.2, 0) is 11.2 Å². The zero-order chi connectivity index (χ0) is 21.6. The second kappa shape index (κ2) is 10.6. The van der Waals surface area contributed by atoms with Gasteiger partial charge in [-0.05, 0) is 43.0 Å². The summed E-state index contributed by atoms with van der Waals surface area (Å²) in [5, 5.41) is 5.72. The molecule has 1 saturated heterocycles. The minimum Gasteiger partial charge on any atom is -0.340 e. The van der Waals surface area contributed by atoms with E-state index in [0.717, 1.165) is 32.1 Å². The lowest BCUT2D eigenvalue weighted by molar-refractivity contribution is -0.132. The van der Waals surface area contributed by atoms with Crippen LogP contribution in [0.3, 0.4) is 0 Å². The lowest BCUT2D eigenvalue weighted by Crippen LogP contribution is -2.50. The molecule has 31 heavy (non-hydrogen) atoms. The first-order chi connectivity index (χ1) is 15.1. The number of amides is 2. The molecule has 2 heterocycles. The van der Waals surface area contributed by atoms with E-state index in [1.807, 2.05) is 10.3 Å². The summed E-state index contributed by atoms with van der Waals surface area (Å²) in [5.41, 5.74) is 1.22. The third-order valence-corrected chi connectivity index (χ3v) is 7.24. The number of thiazole rings is 1. The molecule has 2 amide bonds. The normalized spacial score (nSPS) is 18.2. The molecule has 1 saturated carbocycles. The topological polar surface area (TPSA) is 65.5 Å². The molecule has 1 aromatic carbocycles. The maximum absolute atomic E-state index is 12.7. The number of aromatic nitrogens is 1. The van der Waals surface area contributed by atoms with E-state index in [9.17, 15) is 9.59 Å². The Bertz CT molecular complexity index is 887. The fraction of sp³-hybridized carbons (Fsp3) is 0.522. The molecule has 1 N–H and O–H groups in total. The molecule has 1 aromatic heterocycles. The average Bonchev–Trinajstić information content (AvgIpc) is 3.22. The Morgan fingerprint density at radius 2 is 1.77 bits per heavy atom. The van der Waals surface area contributed by atoms with Crippen LogP contribution >= 0.6 is 22.9 Å².